The fraction of sp³-hybridized carbons (Fsp3) is 0.231. The van der Waals surface area contributed by atoms with Crippen LogP contribution >= 0.6 is 15.9 Å². The van der Waals surface area contributed by atoms with Gasteiger partial charge in [0.1, 0.15) is 0 Å². The average Bonchev–Trinajstić information content (AvgIpc) is 3.09. The molecule has 1 aromatic carbocycles. The lowest BCUT2D eigenvalue weighted by Crippen LogP contribution is -2.09. The molecular formula is C13H11BrN2O2. The third-order valence-electron chi connectivity index (χ3n) is 3.05. The van der Waals surface area contributed by atoms with Crippen molar-refractivity contribution in [3.05, 3.63) is 40.6 Å². The van der Waals surface area contributed by atoms with Crippen LogP contribution in [0.1, 0.15) is 29.4 Å². The highest BCUT2D eigenvalue weighted by Gasteiger charge is 2.30. The summed E-state index contributed by atoms with van der Waals surface area (Å²) in [6.45, 7) is 0. The maximum Gasteiger partial charge on any atom is 0.354 e. The summed E-state index contributed by atoms with van der Waals surface area (Å²) in [6, 6.07) is 7.85. The van der Waals surface area contributed by atoms with E-state index in [4.69, 9.17) is 0 Å². The first-order valence-electron chi connectivity index (χ1n) is 5.73. The normalized spacial score (nSPS) is 14.7. The highest BCUT2D eigenvalue weighted by Crippen LogP contribution is 2.37. The first-order valence-corrected chi connectivity index (χ1v) is 6.53. The SMILES string of the molecule is O=C(O)c1c(-c2ccc(Br)cc2)cnn1C1CC1. The molecule has 1 fully saturated rings. The number of hydrogen-bond acceptors (Lipinski definition) is 2. The second-order valence-electron chi connectivity index (χ2n) is 4.39. The Morgan fingerprint density at radius 2 is 2.00 bits per heavy atom. The number of hydrogen-bond donors (Lipinski definition) is 1. The molecule has 5 heteroatoms. The van der Waals surface area contributed by atoms with Crippen molar-refractivity contribution in [1.82, 2.24) is 9.78 Å². The minimum absolute atomic E-state index is 0.264. The molecule has 18 heavy (non-hydrogen) atoms. The molecule has 0 aliphatic heterocycles. The molecule has 1 heterocycles. The van der Waals surface area contributed by atoms with E-state index in [9.17, 15) is 9.90 Å². The zero-order chi connectivity index (χ0) is 12.7. The minimum atomic E-state index is -0.919. The Bertz CT molecular complexity index is 600. The molecule has 0 amide bonds. The van der Waals surface area contributed by atoms with E-state index >= 15 is 0 Å². The predicted molar refractivity (Wildman–Crippen MR) is 70.6 cm³/mol. The fourth-order valence-corrected chi connectivity index (χ4v) is 2.28. The van der Waals surface area contributed by atoms with E-state index in [2.05, 4.69) is 21.0 Å². The molecule has 0 spiro atoms. The molecule has 0 atom stereocenters. The first-order chi connectivity index (χ1) is 8.66. The zero-order valence-corrected chi connectivity index (χ0v) is 11.1. The monoisotopic (exact) mass is 306 g/mol. The molecule has 92 valence electrons. The van der Waals surface area contributed by atoms with Gasteiger partial charge in [0, 0.05) is 10.0 Å². The zero-order valence-electron chi connectivity index (χ0n) is 9.51. The number of carboxylic acids is 1. The maximum absolute atomic E-state index is 11.4. The van der Waals surface area contributed by atoms with Crippen LogP contribution in [-0.2, 0) is 0 Å². The standard InChI is InChI=1S/C13H11BrN2O2/c14-9-3-1-8(2-4-9)11-7-15-16(10-5-6-10)12(11)13(17)18/h1-4,7,10H,5-6H2,(H,17,18). The highest BCUT2D eigenvalue weighted by molar-refractivity contribution is 9.10. The highest BCUT2D eigenvalue weighted by atomic mass is 79.9. The van der Waals surface area contributed by atoms with E-state index < -0.39 is 5.97 Å². The van der Waals surface area contributed by atoms with Crippen molar-refractivity contribution in [3.63, 3.8) is 0 Å². The van der Waals surface area contributed by atoms with Gasteiger partial charge in [-0.05, 0) is 30.5 Å². The Morgan fingerprint density at radius 3 is 2.56 bits per heavy atom. The van der Waals surface area contributed by atoms with Gasteiger partial charge in [0.15, 0.2) is 5.69 Å². The molecule has 2 aromatic rings. The summed E-state index contributed by atoms with van der Waals surface area (Å²) in [7, 11) is 0. The van der Waals surface area contributed by atoms with Gasteiger partial charge in [0.2, 0.25) is 0 Å². The van der Waals surface area contributed by atoms with Gasteiger partial charge in [-0.3, -0.25) is 4.68 Å². The minimum Gasteiger partial charge on any atom is -0.477 e. The van der Waals surface area contributed by atoms with Crippen molar-refractivity contribution in [1.29, 1.82) is 0 Å². The Labute approximate surface area is 112 Å². The van der Waals surface area contributed by atoms with E-state index in [0.717, 1.165) is 22.9 Å². The van der Waals surface area contributed by atoms with Gasteiger partial charge in [-0.25, -0.2) is 4.79 Å². The lowest BCUT2D eigenvalue weighted by Gasteiger charge is -2.04. The maximum atomic E-state index is 11.4. The van der Waals surface area contributed by atoms with Gasteiger partial charge in [0.05, 0.1) is 12.2 Å². The van der Waals surface area contributed by atoms with Gasteiger partial charge in [-0.2, -0.15) is 5.10 Å². The Hall–Kier alpha value is -1.62. The lowest BCUT2D eigenvalue weighted by molar-refractivity contribution is 0.0684. The Morgan fingerprint density at radius 1 is 1.33 bits per heavy atom. The molecule has 0 unspecified atom stereocenters. The van der Waals surface area contributed by atoms with Gasteiger partial charge >= 0.3 is 5.97 Å². The number of aromatic carboxylic acids is 1. The quantitative estimate of drug-likeness (QED) is 0.946. The van der Waals surface area contributed by atoms with Gasteiger partial charge < -0.3 is 5.11 Å². The van der Waals surface area contributed by atoms with Crippen LogP contribution in [0.3, 0.4) is 0 Å². The van der Waals surface area contributed by atoms with Crippen molar-refractivity contribution in [3.8, 4) is 11.1 Å². The summed E-state index contributed by atoms with van der Waals surface area (Å²) in [4.78, 5) is 11.4. The Kier molecular flexibility index (Phi) is 2.70. The summed E-state index contributed by atoms with van der Waals surface area (Å²) in [5, 5.41) is 13.6. The second kappa shape index (κ2) is 4.24. The summed E-state index contributed by atoms with van der Waals surface area (Å²) < 4.78 is 2.61. The van der Waals surface area contributed by atoms with Crippen LogP contribution in [0.25, 0.3) is 11.1 Å². The topological polar surface area (TPSA) is 55.1 Å². The van der Waals surface area contributed by atoms with Gasteiger partial charge in [-0.15, -0.1) is 0 Å². The van der Waals surface area contributed by atoms with Crippen molar-refractivity contribution in [2.45, 2.75) is 18.9 Å². The lowest BCUT2D eigenvalue weighted by atomic mass is 10.1. The molecule has 1 aliphatic carbocycles. The van der Waals surface area contributed by atoms with Crippen LogP contribution in [-0.4, -0.2) is 20.9 Å². The molecular weight excluding hydrogens is 296 g/mol. The number of rotatable bonds is 3. The first kappa shape index (κ1) is 11.5. The Balaban J connectivity index is 2.11. The molecule has 1 aliphatic rings. The molecule has 1 saturated carbocycles. The van der Waals surface area contributed by atoms with E-state index in [1.807, 2.05) is 24.3 Å². The summed E-state index contributed by atoms with van der Waals surface area (Å²) in [5.74, 6) is -0.919. The van der Waals surface area contributed by atoms with Crippen molar-refractivity contribution >= 4 is 21.9 Å². The molecule has 1 aromatic heterocycles. The number of benzene rings is 1. The van der Waals surface area contributed by atoms with Crippen LogP contribution < -0.4 is 0 Å². The van der Waals surface area contributed by atoms with Gasteiger partial charge in [0.25, 0.3) is 0 Å². The van der Waals surface area contributed by atoms with E-state index in [1.54, 1.807) is 10.9 Å². The summed E-state index contributed by atoms with van der Waals surface area (Å²) >= 11 is 3.37. The second-order valence-corrected chi connectivity index (χ2v) is 5.31. The summed E-state index contributed by atoms with van der Waals surface area (Å²) in [5.41, 5.74) is 1.85. The van der Waals surface area contributed by atoms with Gasteiger partial charge in [-0.1, -0.05) is 28.1 Å². The van der Waals surface area contributed by atoms with Crippen LogP contribution in [0.4, 0.5) is 0 Å². The third-order valence-corrected chi connectivity index (χ3v) is 3.57. The summed E-state index contributed by atoms with van der Waals surface area (Å²) in [6.07, 6.45) is 3.68. The van der Waals surface area contributed by atoms with Crippen LogP contribution in [0.15, 0.2) is 34.9 Å². The molecule has 0 saturated heterocycles. The molecule has 3 rings (SSSR count). The van der Waals surface area contributed by atoms with Crippen LogP contribution in [0.2, 0.25) is 0 Å². The molecule has 4 nitrogen and oxygen atoms in total. The number of carboxylic acid groups (broad SMARTS) is 1. The largest absolute Gasteiger partial charge is 0.477 e. The molecule has 0 bridgehead atoms. The molecule has 1 N–H and O–H groups in total. The van der Waals surface area contributed by atoms with Crippen molar-refractivity contribution in [2.75, 3.05) is 0 Å². The molecule has 0 radical (unpaired) electrons. The fourth-order valence-electron chi connectivity index (χ4n) is 2.01. The number of nitrogens with zero attached hydrogens (tertiary/aromatic N) is 2. The van der Waals surface area contributed by atoms with E-state index in [-0.39, 0.29) is 6.04 Å². The van der Waals surface area contributed by atoms with Crippen LogP contribution in [0.5, 0.6) is 0 Å². The predicted octanol–water partition coefficient (Wildman–Crippen LogP) is 3.35. The van der Waals surface area contributed by atoms with Crippen LogP contribution in [0, 0.1) is 0 Å². The number of carbonyl (C=O) groups is 1. The van der Waals surface area contributed by atoms with E-state index in [0.29, 0.717) is 11.3 Å². The van der Waals surface area contributed by atoms with E-state index in [1.165, 1.54) is 0 Å². The average molecular weight is 307 g/mol. The third kappa shape index (κ3) is 1.95. The van der Waals surface area contributed by atoms with Crippen molar-refractivity contribution in [2.24, 2.45) is 0 Å². The number of halogens is 1. The smallest absolute Gasteiger partial charge is 0.354 e. The number of aromatic nitrogens is 2. The van der Waals surface area contributed by atoms with Crippen molar-refractivity contribution < 1.29 is 9.90 Å².